The van der Waals surface area contributed by atoms with E-state index in [1.807, 2.05) is 31.2 Å². The number of nitrogens with one attached hydrogen (secondary N) is 2. The molecule has 130 valence electrons. The SMILES string of the molecule is CC(O)CC(C)CNC(=O)c1cccc(Nc2ccc(C#N)cc2)c1. The number of aliphatic hydroxyl groups is 1. The molecule has 25 heavy (non-hydrogen) atoms. The summed E-state index contributed by atoms with van der Waals surface area (Å²) in [5.41, 5.74) is 2.82. The number of anilines is 2. The highest BCUT2D eigenvalue weighted by Gasteiger charge is 2.10. The van der Waals surface area contributed by atoms with Gasteiger partial charge in [-0.1, -0.05) is 13.0 Å². The molecule has 2 atom stereocenters. The Morgan fingerprint density at radius 1 is 1.16 bits per heavy atom. The molecule has 2 aromatic carbocycles. The monoisotopic (exact) mass is 337 g/mol. The van der Waals surface area contributed by atoms with Gasteiger partial charge in [-0.3, -0.25) is 4.79 Å². The number of hydrogen-bond acceptors (Lipinski definition) is 4. The quantitative estimate of drug-likeness (QED) is 0.722. The molecule has 0 fully saturated rings. The standard InChI is InChI=1S/C20H23N3O2/c1-14(10-15(2)24)13-22-20(25)17-4-3-5-19(11-17)23-18-8-6-16(12-21)7-9-18/h3-9,11,14-15,23-24H,10,13H2,1-2H3,(H,22,25). The van der Waals surface area contributed by atoms with Crippen molar-refractivity contribution >= 4 is 17.3 Å². The summed E-state index contributed by atoms with van der Waals surface area (Å²) in [6.07, 6.45) is 0.285. The van der Waals surface area contributed by atoms with E-state index in [0.29, 0.717) is 24.1 Å². The molecule has 1 amide bonds. The van der Waals surface area contributed by atoms with E-state index in [9.17, 15) is 9.90 Å². The van der Waals surface area contributed by atoms with Crippen LogP contribution in [-0.4, -0.2) is 23.7 Å². The zero-order valence-electron chi connectivity index (χ0n) is 14.5. The fraction of sp³-hybridized carbons (Fsp3) is 0.300. The Hall–Kier alpha value is -2.84. The average molecular weight is 337 g/mol. The predicted octanol–water partition coefficient (Wildman–Crippen LogP) is 3.44. The maximum Gasteiger partial charge on any atom is 0.251 e. The number of carbonyl (C=O) groups excluding carboxylic acids is 1. The molecular weight excluding hydrogens is 314 g/mol. The fourth-order valence-electron chi connectivity index (χ4n) is 2.57. The first kappa shape index (κ1) is 18.5. The van der Waals surface area contributed by atoms with Crippen LogP contribution >= 0.6 is 0 Å². The first-order chi connectivity index (χ1) is 12.0. The minimum Gasteiger partial charge on any atom is -0.393 e. The van der Waals surface area contributed by atoms with E-state index in [1.165, 1.54) is 0 Å². The molecule has 0 spiro atoms. The Morgan fingerprint density at radius 2 is 1.88 bits per heavy atom. The molecule has 2 rings (SSSR count). The summed E-state index contributed by atoms with van der Waals surface area (Å²) in [7, 11) is 0. The van der Waals surface area contributed by atoms with Gasteiger partial charge in [0.05, 0.1) is 17.7 Å². The van der Waals surface area contributed by atoms with Gasteiger partial charge in [-0.05, 0) is 61.7 Å². The number of hydrogen-bond donors (Lipinski definition) is 3. The second-order valence-corrected chi connectivity index (χ2v) is 6.29. The fourth-order valence-corrected chi connectivity index (χ4v) is 2.57. The van der Waals surface area contributed by atoms with Gasteiger partial charge >= 0.3 is 0 Å². The molecule has 0 aliphatic carbocycles. The molecule has 0 saturated carbocycles. The molecule has 0 aromatic heterocycles. The summed E-state index contributed by atoms with van der Waals surface area (Å²) in [5, 5.41) is 24.3. The summed E-state index contributed by atoms with van der Waals surface area (Å²) in [6.45, 7) is 4.27. The van der Waals surface area contributed by atoms with Gasteiger partial charge in [-0.2, -0.15) is 5.26 Å². The normalized spacial score (nSPS) is 12.7. The Kier molecular flexibility index (Phi) is 6.55. The number of carbonyl (C=O) groups is 1. The average Bonchev–Trinajstić information content (AvgIpc) is 2.60. The molecule has 5 heteroatoms. The molecule has 0 saturated heterocycles. The van der Waals surface area contributed by atoms with E-state index in [0.717, 1.165) is 11.4 Å². The van der Waals surface area contributed by atoms with Crippen LogP contribution in [0.4, 0.5) is 11.4 Å². The minimum absolute atomic E-state index is 0.138. The summed E-state index contributed by atoms with van der Waals surface area (Å²) >= 11 is 0. The lowest BCUT2D eigenvalue weighted by molar-refractivity contribution is 0.0939. The van der Waals surface area contributed by atoms with Crippen molar-refractivity contribution in [2.24, 2.45) is 5.92 Å². The van der Waals surface area contributed by atoms with Crippen LogP contribution in [0.3, 0.4) is 0 Å². The van der Waals surface area contributed by atoms with E-state index in [-0.39, 0.29) is 17.9 Å². The first-order valence-electron chi connectivity index (χ1n) is 8.31. The maximum absolute atomic E-state index is 12.3. The zero-order valence-corrected chi connectivity index (χ0v) is 14.5. The van der Waals surface area contributed by atoms with Crippen molar-refractivity contribution in [1.29, 1.82) is 5.26 Å². The van der Waals surface area contributed by atoms with Gasteiger partial charge in [0.25, 0.3) is 5.91 Å². The lowest BCUT2D eigenvalue weighted by Crippen LogP contribution is -2.29. The third kappa shape index (κ3) is 5.94. The number of nitriles is 1. The van der Waals surface area contributed by atoms with Crippen LogP contribution < -0.4 is 10.6 Å². The number of benzene rings is 2. The molecule has 0 radical (unpaired) electrons. The molecule has 3 N–H and O–H groups in total. The highest BCUT2D eigenvalue weighted by molar-refractivity contribution is 5.95. The summed E-state index contributed by atoms with van der Waals surface area (Å²) in [5.74, 6) is 0.0739. The van der Waals surface area contributed by atoms with Crippen molar-refractivity contribution in [3.8, 4) is 6.07 Å². The van der Waals surface area contributed by atoms with Crippen LogP contribution in [0, 0.1) is 17.2 Å². The smallest absolute Gasteiger partial charge is 0.251 e. The lowest BCUT2D eigenvalue weighted by Gasteiger charge is -2.14. The first-order valence-corrected chi connectivity index (χ1v) is 8.31. The Labute approximate surface area is 148 Å². The molecule has 0 heterocycles. The van der Waals surface area contributed by atoms with Crippen LogP contribution in [0.15, 0.2) is 48.5 Å². The van der Waals surface area contributed by atoms with Gasteiger partial charge in [0.1, 0.15) is 0 Å². The summed E-state index contributed by atoms with van der Waals surface area (Å²) in [6, 6.07) is 16.4. The van der Waals surface area contributed by atoms with Crippen molar-refractivity contribution in [2.45, 2.75) is 26.4 Å². The molecule has 0 aliphatic rings. The molecule has 2 unspecified atom stereocenters. The second kappa shape index (κ2) is 8.86. The zero-order chi connectivity index (χ0) is 18.2. The van der Waals surface area contributed by atoms with E-state index < -0.39 is 0 Å². The second-order valence-electron chi connectivity index (χ2n) is 6.29. The van der Waals surface area contributed by atoms with Gasteiger partial charge in [0, 0.05) is 23.5 Å². The molecule has 0 bridgehead atoms. The number of amides is 1. The summed E-state index contributed by atoms with van der Waals surface area (Å²) in [4.78, 5) is 12.3. The maximum atomic E-state index is 12.3. The van der Waals surface area contributed by atoms with Crippen molar-refractivity contribution in [3.63, 3.8) is 0 Å². The van der Waals surface area contributed by atoms with Crippen LogP contribution in [0.5, 0.6) is 0 Å². The third-order valence-corrected chi connectivity index (χ3v) is 3.78. The Morgan fingerprint density at radius 3 is 2.52 bits per heavy atom. The van der Waals surface area contributed by atoms with Gasteiger partial charge in [0.15, 0.2) is 0 Å². The van der Waals surface area contributed by atoms with Crippen molar-refractivity contribution in [3.05, 3.63) is 59.7 Å². The Balaban J connectivity index is 1.97. The molecule has 5 nitrogen and oxygen atoms in total. The van der Waals surface area contributed by atoms with E-state index in [2.05, 4.69) is 16.7 Å². The number of aliphatic hydroxyl groups excluding tert-OH is 1. The Bertz CT molecular complexity index is 748. The van der Waals surface area contributed by atoms with Crippen LogP contribution in [-0.2, 0) is 0 Å². The van der Waals surface area contributed by atoms with Gasteiger partial charge < -0.3 is 15.7 Å². The predicted molar refractivity (Wildman–Crippen MR) is 98.7 cm³/mol. The highest BCUT2D eigenvalue weighted by atomic mass is 16.3. The van der Waals surface area contributed by atoms with Crippen LogP contribution in [0.1, 0.15) is 36.2 Å². The molecule has 0 aliphatic heterocycles. The van der Waals surface area contributed by atoms with Crippen molar-refractivity contribution < 1.29 is 9.90 Å². The largest absolute Gasteiger partial charge is 0.393 e. The molecular formula is C20H23N3O2. The van der Waals surface area contributed by atoms with Crippen LogP contribution in [0.2, 0.25) is 0 Å². The number of rotatable bonds is 7. The van der Waals surface area contributed by atoms with Gasteiger partial charge in [-0.15, -0.1) is 0 Å². The third-order valence-electron chi connectivity index (χ3n) is 3.78. The van der Waals surface area contributed by atoms with Crippen molar-refractivity contribution in [1.82, 2.24) is 5.32 Å². The topological polar surface area (TPSA) is 85.2 Å². The van der Waals surface area contributed by atoms with Crippen LogP contribution in [0.25, 0.3) is 0 Å². The van der Waals surface area contributed by atoms with Gasteiger partial charge in [0.2, 0.25) is 0 Å². The minimum atomic E-state index is -0.369. The van der Waals surface area contributed by atoms with E-state index >= 15 is 0 Å². The molecule has 2 aromatic rings. The lowest BCUT2D eigenvalue weighted by atomic mass is 10.0. The summed E-state index contributed by atoms with van der Waals surface area (Å²) < 4.78 is 0. The van der Waals surface area contributed by atoms with Gasteiger partial charge in [-0.25, -0.2) is 0 Å². The number of nitrogens with zero attached hydrogens (tertiary/aromatic N) is 1. The highest BCUT2D eigenvalue weighted by Crippen LogP contribution is 2.18. The van der Waals surface area contributed by atoms with Crippen molar-refractivity contribution in [2.75, 3.05) is 11.9 Å². The van der Waals surface area contributed by atoms with E-state index in [1.54, 1.807) is 31.2 Å². The van der Waals surface area contributed by atoms with E-state index in [4.69, 9.17) is 5.26 Å².